The second-order valence-corrected chi connectivity index (χ2v) is 6.86. The van der Waals surface area contributed by atoms with Gasteiger partial charge in [-0.2, -0.15) is 0 Å². The molecule has 0 aromatic heterocycles. The van der Waals surface area contributed by atoms with E-state index in [0.717, 1.165) is 38.5 Å². The van der Waals surface area contributed by atoms with Crippen molar-refractivity contribution in [3.63, 3.8) is 0 Å². The first kappa shape index (κ1) is 20.7. The Morgan fingerprint density at radius 3 is 2.41 bits per heavy atom. The largest absolute Gasteiger partial charge is 0.356 e. The third-order valence-corrected chi connectivity index (χ3v) is 4.84. The first-order valence-electron chi connectivity index (χ1n) is 9.39. The van der Waals surface area contributed by atoms with Gasteiger partial charge in [-0.1, -0.05) is 11.5 Å². The zero-order valence-corrected chi connectivity index (χ0v) is 15.3. The predicted molar refractivity (Wildman–Crippen MR) is 93.5 cm³/mol. The monoisotopic (exact) mass is 379 g/mol. The molecule has 3 amide bonds. The van der Waals surface area contributed by atoms with E-state index < -0.39 is 17.8 Å². The molecule has 0 spiro atoms. The molecule has 2 fully saturated rings. The van der Waals surface area contributed by atoms with Gasteiger partial charge < -0.3 is 10.2 Å². The van der Waals surface area contributed by atoms with E-state index in [-0.39, 0.29) is 37.1 Å². The van der Waals surface area contributed by atoms with E-state index in [2.05, 4.69) is 15.3 Å². The zero-order valence-electron chi connectivity index (χ0n) is 15.3. The van der Waals surface area contributed by atoms with E-state index in [4.69, 9.17) is 10.4 Å². The Balaban J connectivity index is 1.51. The molecule has 1 aliphatic carbocycles. The lowest BCUT2D eigenvalue weighted by Crippen LogP contribution is -2.34. The summed E-state index contributed by atoms with van der Waals surface area (Å²) in [5.41, 5.74) is 8.43. The lowest BCUT2D eigenvalue weighted by molar-refractivity contribution is -0.197. The number of hydrogen-bond donors (Lipinski definition) is 1. The molecule has 0 bridgehead atoms. The summed E-state index contributed by atoms with van der Waals surface area (Å²) in [5, 5.41) is 7.16. The van der Waals surface area contributed by atoms with Crippen LogP contribution in [0, 0.1) is 5.92 Å². The van der Waals surface area contributed by atoms with Crippen molar-refractivity contribution in [1.82, 2.24) is 10.4 Å². The maximum atomic E-state index is 12.1. The Morgan fingerprint density at radius 2 is 1.78 bits per heavy atom. The van der Waals surface area contributed by atoms with E-state index in [1.807, 2.05) is 0 Å². The molecule has 0 radical (unpaired) electrons. The number of nitrogens with zero attached hydrogens (tertiary/aromatic N) is 4. The highest BCUT2D eigenvalue weighted by Crippen LogP contribution is 2.26. The van der Waals surface area contributed by atoms with Crippen LogP contribution in [0.1, 0.15) is 64.2 Å². The fourth-order valence-corrected chi connectivity index (χ4v) is 3.26. The Kier molecular flexibility index (Phi) is 8.06. The second kappa shape index (κ2) is 10.5. The highest BCUT2D eigenvalue weighted by Gasteiger charge is 2.32. The fraction of sp³-hybridized carbons (Fsp3) is 0.765. The predicted octanol–water partition coefficient (Wildman–Crippen LogP) is 2.14. The standard InChI is InChI=1S/C17H25N5O5/c18-21-20-13-7-5-12(6-8-13)17(26)19-11-3-1-2-4-16(25)27-22-14(23)9-10-15(22)24/h12-13H,1-11H2,(H,19,26). The Labute approximate surface area is 157 Å². The van der Waals surface area contributed by atoms with Gasteiger partial charge in [0.2, 0.25) is 5.91 Å². The van der Waals surface area contributed by atoms with Gasteiger partial charge in [-0.15, -0.1) is 5.06 Å². The summed E-state index contributed by atoms with van der Waals surface area (Å²) in [5.74, 6) is -1.56. The number of nitrogens with one attached hydrogen (secondary N) is 1. The van der Waals surface area contributed by atoms with Gasteiger partial charge in [0.25, 0.3) is 11.8 Å². The normalized spacial score (nSPS) is 22.3. The summed E-state index contributed by atoms with van der Waals surface area (Å²) in [6, 6.07) is 0.00459. The van der Waals surface area contributed by atoms with Gasteiger partial charge in [0.15, 0.2) is 0 Å². The summed E-state index contributed by atoms with van der Waals surface area (Å²) >= 11 is 0. The van der Waals surface area contributed by atoms with Gasteiger partial charge >= 0.3 is 5.97 Å². The Hall–Kier alpha value is -2.61. The summed E-state index contributed by atoms with van der Waals surface area (Å²) < 4.78 is 0. The summed E-state index contributed by atoms with van der Waals surface area (Å²) in [4.78, 5) is 54.0. The average Bonchev–Trinajstić information content (AvgIpc) is 2.97. The lowest BCUT2D eigenvalue weighted by atomic mass is 9.86. The molecule has 148 valence electrons. The smallest absolute Gasteiger partial charge is 0.333 e. The van der Waals surface area contributed by atoms with E-state index in [9.17, 15) is 19.2 Å². The lowest BCUT2D eigenvalue weighted by Gasteiger charge is -2.24. The van der Waals surface area contributed by atoms with Crippen LogP contribution >= 0.6 is 0 Å². The first-order chi connectivity index (χ1) is 13.0. The molecule has 0 atom stereocenters. The number of unbranched alkanes of at least 4 members (excludes halogenated alkanes) is 2. The van der Waals surface area contributed by atoms with Gasteiger partial charge in [0.1, 0.15) is 0 Å². The van der Waals surface area contributed by atoms with Crippen LogP contribution in [-0.2, 0) is 24.0 Å². The molecule has 27 heavy (non-hydrogen) atoms. The molecular formula is C17H25N5O5. The highest BCUT2D eigenvalue weighted by atomic mass is 16.7. The van der Waals surface area contributed by atoms with Crippen molar-refractivity contribution in [3.05, 3.63) is 10.4 Å². The fourth-order valence-electron chi connectivity index (χ4n) is 3.26. The van der Waals surface area contributed by atoms with Gasteiger partial charge in [0, 0.05) is 42.7 Å². The molecule has 0 aromatic rings. The number of hydroxylamine groups is 2. The number of rotatable bonds is 9. The zero-order chi connectivity index (χ0) is 19.6. The number of amides is 3. The molecule has 1 saturated heterocycles. The van der Waals surface area contributed by atoms with Crippen LogP contribution in [0.5, 0.6) is 0 Å². The molecule has 10 nitrogen and oxygen atoms in total. The summed E-state index contributed by atoms with van der Waals surface area (Å²) in [6.07, 6.45) is 5.24. The third-order valence-electron chi connectivity index (χ3n) is 4.84. The van der Waals surface area contributed by atoms with Gasteiger partial charge in [-0.3, -0.25) is 14.4 Å². The minimum absolute atomic E-state index is 0.00459. The van der Waals surface area contributed by atoms with Crippen molar-refractivity contribution in [2.75, 3.05) is 6.54 Å². The summed E-state index contributed by atoms with van der Waals surface area (Å²) in [6.45, 7) is 0.535. The SMILES string of the molecule is [N-]=[N+]=NC1CCC(C(=O)NCCCCCC(=O)ON2C(=O)CCC2=O)CC1. The first-order valence-corrected chi connectivity index (χ1v) is 9.39. The van der Waals surface area contributed by atoms with E-state index >= 15 is 0 Å². The number of imide groups is 1. The molecule has 0 aromatic carbocycles. The van der Waals surface area contributed by atoms with Crippen molar-refractivity contribution < 1.29 is 24.0 Å². The number of hydrogen-bond acceptors (Lipinski definition) is 6. The van der Waals surface area contributed by atoms with Crippen molar-refractivity contribution >= 4 is 23.7 Å². The number of carbonyl (C=O) groups is 4. The molecule has 1 aliphatic heterocycles. The van der Waals surface area contributed by atoms with E-state index in [0.29, 0.717) is 18.0 Å². The second-order valence-electron chi connectivity index (χ2n) is 6.86. The number of azide groups is 1. The molecule has 0 unspecified atom stereocenters. The maximum Gasteiger partial charge on any atom is 0.333 e. The molecule has 1 heterocycles. The van der Waals surface area contributed by atoms with Gasteiger partial charge in [-0.05, 0) is 44.1 Å². The van der Waals surface area contributed by atoms with Crippen LogP contribution in [0.15, 0.2) is 5.11 Å². The molecule has 2 aliphatic rings. The van der Waals surface area contributed by atoms with Crippen molar-refractivity contribution in [2.45, 2.75) is 70.3 Å². The van der Waals surface area contributed by atoms with Crippen LogP contribution in [0.4, 0.5) is 0 Å². The minimum Gasteiger partial charge on any atom is -0.356 e. The van der Waals surface area contributed by atoms with Crippen LogP contribution in [0.2, 0.25) is 0 Å². The van der Waals surface area contributed by atoms with Gasteiger partial charge in [0.05, 0.1) is 0 Å². The van der Waals surface area contributed by atoms with E-state index in [1.54, 1.807) is 0 Å². The van der Waals surface area contributed by atoms with Crippen LogP contribution in [-0.4, -0.2) is 41.3 Å². The minimum atomic E-state index is -0.598. The quantitative estimate of drug-likeness (QED) is 0.215. The molecular weight excluding hydrogens is 354 g/mol. The van der Waals surface area contributed by atoms with Crippen LogP contribution in [0.3, 0.4) is 0 Å². The number of carbonyl (C=O) groups excluding carboxylic acids is 4. The Bertz CT molecular complexity index is 607. The van der Waals surface area contributed by atoms with Crippen molar-refractivity contribution in [3.8, 4) is 0 Å². The molecule has 1 N–H and O–H groups in total. The third kappa shape index (κ3) is 6.56. The average molecular weight is 379 g/mol. The van der Waals surface area contributed by atoms with Crippen molar-refractivity contribution in [2.24, 2.45) is 11.0 Å². The topological polar surface area (TPSA) is 142 Å². The van der Waals surface area contributed by atoms with Crippen LogP contribution in [0.25, 0.3) is 10.4 Å². The molecule has 10 heteroatoms. The molecule has 1 saturated carbocycles. The highest BCUT2D eigenvalue weighted by molar-refractivity contribution is 6.01. The van der Waals surface area contributed by atoms with E-state index in [1.165, 1.54) is 0 Å². The Morgan fingerprint density at radius 1 is 1.11 bits per heavy atom. The molecule has 2 rings (SSSR count). The summed E-state index contributed by atoms with van der Waals surface area (Å²) in [7, 11) is 0. The van der Waals surface area contributed by atoms with Crippen LogP contribution < -0.4 is 5.32 Å². The van der Waals surface area contributed by atoms with Crippen molar-refractivity contribution in [1.29, 1.82) is 0 Å². The maximum absolute atomic E-state index is 12.1. The van der Waals surface area contributed by atoms with Gasteiger partial charge in [-0.25, -0.2) is 4.79 Å².